The fourth-order valence-corrected chi connectivity index (χ4v) is 2.92. The Kier molecular flexibility index (Phi) is 3.16. The highest BCUT2D eigenvalue weighted by Crippen LogP contribution is 2.48. The molecule has 4 saturated heterocycles. The fraction of sp³-hybridized carbons (Fsp3) is 0.500. The average molecular weight is 313 g/mol. The maximum absolute atomic E-state index is 11.4. The van der Waals surface area contributed by atoms with Gasteiger partial charge in [-0.05, 0) is 0 Å². The molecule has 0 spiro atoms. The summed E-state index contributed by atoms with van der Waals surface area (Å²) in [6, 6.07) is 9.34. The Balaban J connectivity index is 1.63. The zero-order valence-electron chi connectivity index (χ0n) is 10.9. The van der Waals surface area contributed by atoms with E-state index in [4.69, 9.17) is 35.3 Å². The number of halogens is 1. The Morgan fingerprint density at radius 1 is 1.33 bits per heavy atom. The Hall–Kier alpha value is -1.18. The highest BCUT2D eigenvalue weighted by atomic mass is 35.5. The monoisotopic (exact) mass is 312 g/mol. The van der Waals surface area contributed by atoms with Gasteiger partial charge in [0, 0.05) is 5.56 Å². The van der Waals surface area contributed by atoms with Gasteiger partial charge < -0.3 is 18.9 Å². The molecule has 4 aliphatic heterocycles. The number of carbonyl (C=O) groups excluding carboxylic acids is 1. The molecule has 0 amide bonds. The first-order chi connectivity index (χ1) is 10.2. The molecule has 0 aliphatic carbocycles. The molecule has 5 atom stereocenters. The topological polar surface area (TPSA) is 63.2 Å². The van der Waals surface area contributed by atoms with Crippen molar-refractivity contribution in [3.05, 3.63) is 35.9 Å². The van der Waals surface area contributed by atoms with Crippen molar-refractivity contribution in [1.82, 2.24) is 0 Å². The summed E-state index contributed by atoms with van der Waals surface area (Å²) in [4.78, 5) is 11.4. The van der Waals surface area contributed by atoms with Crippen LogP contribution in [0.15, 0.2) is 30.3 Å². The van der Waals surface area contributed by atoms with Crippen molar-refractivity contribution in [1.29, 1.82) is 0 Å². The van der Waals surface area contributed by atoms with Crippen molar-refractivity contribution in [2.24, 2.45) is 0 Å². The summed E-state index contributed by atoms with van der Waals surface area (Å²) in [7, 11) is 0. The molecule has 1 unspecified atom stereocenters. The molecule has 0 N–H and O–H groups in total. The van der Waals surface area contributed by atoms with Crippen LogP contribution >= 0.6 is 11.6 Å². The van der Waals surface area contributed by atoms with Gasteiger partial charge in [0.1, 0.15) is 12.0 Å². The van der Waals surface area contributed by atoms with Crippen molar-refractivity contribution in [2.75, 3.05) is 12.5 Å². The van der Waals surface area contributed by atoms with Gasteiger partial charge in [0.25, 0.3) is 0 Å². The van der Waals surface area contributed by atoms with Crippen LogP contribution in [-0.4, -0.2) is 43.1 Å². The molecule has 7 heteroatoms. The third-order valence-electron chi connectivity index (χ3n) is 3.77. The third-order valence-corrected chi connectivity index (χ3v) is 3.99. The van der Waals surface area contributed by atoms with E-state index >= 15 is 0 Å². The number of fused-ring (bicyclic) bond motifs is 1. The zero-order chi connectivity index (χ0) is 14.4. The lowest BCUT2D eigenvalue weighted by molar-refractivity contribution is -0.349. The van der Waals surface area contributed by atoms with E-state index in [0.29, 0.717) is 0 Å². The van der Waals surface area contributed by atoms with Gasteiger partial charge in [0.2, 0.25) is 0 Å². The molecule has 0 radical (unpaired) electrons. The van der Waals surface area contributed by atoms with Crippen molar-refractivity contribution in [2.45, 2.75) is 30.6 Å². The van der Waals surface area contributed by atoms with Crippen LogP contribution in [0, 0.1) is 0 Å². The molecule has 0 aromatic heterocycles. The summed E-state index contributed by atoms with van der Waals surface area (Å²) in [5, 5.41) is 0. The molecule has 4 fully saturated rings. The summed E-state index contributed by atoms with van der Waals surface area (Å²) < 4.78 is 28.5. The minimum Gasteiger partial charge on any atom is -0.456 e. The van der Waals surface area contributed by atoms with Crippen LogP contribution in [0.1, 0.15) is 5.56 Å². The average Bonchev–Trinajstić information content (AvgIpc) is 2.87. The highest BCUT2D eigenvalue weighted by molar-refractivity contribution is 6.26. The molecule has 0 saturated carbocycles. The van der Waals surface area contributed by atoms with Crippen LogP contribution in [0.4, 0.5) is 0 Å². The van der Waals surface area contributed by atoms with E-state index < -0.39 is 36.5 Å². The fourth-order valence-electron chi connectivity index (χ4n) is 2.85. The number of rotatable bonds is 3. The second-order valence-electron chi connectivity index (χ2n) is 5.06. The predicted molar refractivity (Wildman–Crippen MR) is 69.3 cm³/mol. The van der Waals surface area contributed by atoms with Crippen LogP contribution in [0.5, 0.6) is 0 Å². The van der Waals surface area contributed by atoms with Crippen molar-refractivity contribution >= 4 is 17.6 Å². The molecule has 4 aliphatic rings. The molecule has 21 heavy (non-hydrogen) atoms. The summed E-state index contributed by atoms with van der Waals surface area (Å²) in [5.74, 6) is -2.03. The molecule has 1 aromatic rings. The van der Waals surface area contributed by atoms with Crippen LogP contribution in [0.2, 0.25) is 0 Å². The zero-order valence-corrected chi connectivity index (χ0v) is 11.7. The van der Waals surface area contributed by atoms with Crippen LogP contribution in [0.25, 0.3) is 0 Å². The van der Waals surface area contributed by atoms with Crippen molar-refractivity contribution in [3.8, 4) is 0 Å². The molecular formula is C14H13ClO6. The first-order valence-corrected chi connectivity index (χ1v) is 7.21. The van der Waals surface area contributed by atoms with Crippen molar-refractivity contribution in [3.63, 3.8) is 0 Å². The second kappa shape index (κ2) is 4.93. The van der Waals surface area contributed by atoms with E-state index in [0.717, 1.165) is 5.56 Å². The number of ether oxygens (including phenoxy) is 5. The minimum atomic E-state index is -1.30. The first kappa shape index (κ1) is 13.5. The van der Waals surface area contributed by atoms with Gasteiger partial charge in [-0.2, -0.15) is 0 Å². The normalized spacial score (nSPS) is 40.2. The van der Waals surface area contributed by atoms with E-state index in [1.807, 2.05) is 30.3 Å². The first-order valence-electron chi connectivity index (χ1n) is 6.68. The van der Waals surface area contributed by atoms with Crippen LogP contribution < -0.4 is 0 Å². The second-order valence-corrected chi connectivity index (χ2v) is 5.33. The van der Waals surface area contributed by atoms with Gasteiger partial charge in [-0.1, -0.05) is 30.3 Å². The molecular weight excluding hydrogens is 300 g/mol. The summed E-state index contributed by atoms with van der Waals surface area (Å²) in [6.07, 6.45) is -2.13. The minimum absolute atomic E-state index is 0.210. The van der Waals surface area contributed by atoms with Gasteiger partial charge in [-0.25, -0.2) is 0 Å². The maximum atomic E-state index is 11.4. The standard InChI is InChI=1S/C14H13ClO6/c15-6-10(16)19-11-9-7-17-14(8-4-2-1-3-5-8)20-12(11)13(18-9)21-14/h1-5,9,11-13H,6-7H2/t9-,11-,12+,13+,14?/m1/s1. The van der Waals surface area contributed by atoms with Gasteiger partial charge in [0.05, 0.1) is 6.61 Å². The van der Waals surface area contributed by atoms with Crippen molar-refractivity contribution < 1.29 is 28.5 Å². The Morgan fingerprint density at radius 3 is 2.90 bits per heavy atom. The van der Waals surface area contributed by atoms with Gasteiger partial charge in [-0.15, -0.1) is 11.6 Å². The molecule has 1 aromatic carbocycles. The summed E-state index contributed by atoms with van der Waals surface area (Å²) >= 11 is 5.48. The summed E-state index contributed by atoms with van der Waals surface area (Å²) in [6.45, 7) is 0.210. The largest absolute Gasteiger partial charge is 0.456 e. The molecule has 4 bridgehead atoms. The number of alkyl halides is 1. The van der Waals surface area contributed by atoms with Crippen LogP contribution in [-0.2, 0) is 34.5 Å². The number of hydrogen-bond acceptors (Lipinski definition) is 6. The highest BCUT2D eigenvalue weighted by Gasteiger charge is 2.64. The molecule has 5 rings (SSSR count). The van der Waals surface area contributed by atoms with E-state index in [1.54, 1.807) is 0 Å². The smallest absolute Gasteiger partial charge is 0.321 e. The lowest BCUT2D eigenvalue weighted by atomic mass is 10.1. The van der Waals surface area contributed by atoms with Gasteiger partial charge in [0.15, 0.2) is 18.5 Å². The van der Waals surface area contributed by atoms with E-state index in [-0.39, 0.29) is 12.5 Å². The third kappa shape index (κ3) is 2.06. The van der Waals surface area contributed by atoms with Gasteiger partial charge in [-0.3, -0.25) is 9.53 Å². The Labute approximate surface area is 125 Å². The lowest BCUT2D eigenvalue weighted by Crippen LogP contribution is -2.37. The van der Waals surface area contributed by atoms with Crippen LogP contribution in [0.3, 0.4) is 0 Å². The maximum Gasteiger partial charge on any atom is 0.321 e. The quantitative estimate of drug-likeness (QED) is 0.615. The summed E-state index contributed by atoms with van der Waals surface area (Å²) in [5.41, 5.74) is 0.742. The predicted octanol–water partition coefficient (Wildman–Crippen LogP) is 1.12. The SMILES string of the molecule is O=C(CCl)O[C@H]1[C@@H]2OC3(c4ccccc4)OC[C@H]1O[C@H]2O3. The van der Waals surface area contributed by atoms with E-state index in [1.165, 1.54) is 0 Å². The Morgan fingerprint density at radius 2 is 2.14 bits per heavy atom. The van der Waals surface area contributed by atoms with Gasteiger partial charge >= 0.3 is 11.9 Å². The number of esters is 1. The number of hydrogen-bond donors (Lipinski definition) is 0. The molecule has 6 nitrogen and oxygen atoms in total. The molecule has 112 valence electrons. The number of carbonyl (C=O) groups is 1. The van der Waals surface area contributed by atoms with E-state index in [2.05, 4.69) is 0 Å². The Bertz CT molecular complexity index is 552. The number of benzene rings is 1. The molecule has 4 heterocycles. The van der Waals surface area contributed by atoms with E-state index in [9.17, 15) is 4.79 Å². The lowest BCUT2D eigenvalue weighted by Gasteiger charge is -2.25.